The third-order valence-corrected chi connectivity index (χ3v) is 7.69. The molecular formula is C25H25N3O3S2. The minimum absolute atomic E-state index is 0.265. The second kappa shape index (κ2) is 9.82. The Morgan fingerprint density at radius 1 is 1.15 bits per heavy atom. The second-order valence-electron chi connectivity index (χ2n) is 7.88. The molecule has 0 saturated heterocycles. The first-order valence-electron chi connectivity index (χ1n) is 10.5. The molecule has 4 aromatic rings. The van der Waals surface area contributed by atoms with E-state index in [9.17, 15) is 9.59 Å². The molecule has 0 bridgehead atoms. The first-order valence-corrected chi connectivity index (χ1v) is 12.2. The van der Waals surface area contributed by atoms with Crippen molar-refractivity contribution in [3.8, 4) is 0 Å². The van der Waals surface area contributed by atoms with Crippen LogP contribution in [0.4, 0.5) is 5.69 Å². The lowest BCUT2D eigenvalue weighted by atomic mass is 10.1. The molecule has 1 N–H and O–H groups in total. The number of aromatic nitrogens is 1. The van der Waals surface area contributed by atoms with Gasteiger partial charge in [-0.1, -0.05) is 23.8 Å². The SMILES string of the molecule is COC(=O)c1sc2nc(CN(C)C(C)c3cccs3)ccc2c1NC(=O)c1ccc(C)cc1. The van der Waals surface area contributed by atoms with Crippen LogP contribution in [-0.2, 0) is 11.3 Å². The van der Waals surface area contributed by atoms with Crippen LogP contribution in [0.2, 0.25) is 0 Å². The van der Waals surface area contributed by atoms with Crippen LogP contribution < -0.4 is 5.32 Å². The highest BCUT2D eigenvalue weighted by atomic mass is 32.1. The van der Waals surface area contributed by atoms with Crippen molar-refractivity contribution in [2.45, 2.75) is 26.4 Å². The number of anilines is 1. The lowest BCUT2D eigenvalue weighted by Crippen LogP contribution is -2.21. The summed E-state index contributed by atoms with van der Waals surface area (Å²) in [5.41, 5.74) is 2.91. The molecule has 4 rings (SSSR count). The number of nitrogens with one attached hydrogen (secondary N) is 1. The lowest BCUT2D eigenvalue weighted by Gasteiger charge is -2.23. The topological polar surface area (TPSA) is 71.5 Å². The van der Waals surface area contributed by atoms with Gasteiger partial charge in [0, 0.05) is 28.4 Å². The number of aryl methyl sites for hydroxylation is 1. The van der Waals surface area contributed by atoms with Crippen LogP contribution in [0.25, 0.3) is 10.2 Å². The molecule has 0 aliphatic carbocycles. The van der Waals surface area contributed by atoms with Gasteiger partial charge < -0.3 is 10.1 Å². The van der Waals surface area contributed by atoms with Gasteiger partial charge in [0.15, 0.2) is 0 Å². The summed E-state index contributed by atoms with van der Waals surface area (Å²) in [5, 5.41) is 5.70. The average Bonchev–Trinajstić information content (AvgIpc) is 3.47. The van der Waals surface area contributed by atoms with Crippen molar-refractivity contribution >= 4 is 50.5 Å². The first-order chi connectivity index (χ1) is 15.9. The van der Waals surface area contributed by atoms with E-state index in [1.54, 1.807) is 23.5 Å². The number of esters is 1. The molecule has 1 aromatic carbocycles. The van der Waals surface area contributed by atoms with Gasteiger partial charge in [-0.15, -0.1) is 22.7 Å². The molecule has 170 valence electrons. The zero-order valence-electron chi connectivity index (χ0n) is 18.9. The Bertz CT molecular complexity index is 1280. The number of hydrogen-bond acceptors (Lipinski definition) is 7. The number of nitrogens with zero attached hydrogens (tertiary/aromatic N) is 2. The van der Waals surface area contributed by atoms with E-state index in [0.717, 1.165) is 16.6 Å². The molecule has 1 atom stereocenters. The van der Waals surface area contributed by atoms with Crippen LogP contribution >= 0.6 is 22.7 Å². The number of carbonyl (C=O) groups excluding carboxylic acids is 2. The number of rotatable bonds is 7. The van der Waals surface area contributed by atoms with Crippen LogP contribution in [-0.4, -0.2) is 35.9 Å². The summed E-state index contributed by atoms with van der Waals surface area (Å²) in [6.45, 7) is 4.79. The fourth-order valence-corrected chi connectivity index (χ4v) is 5.41. The number of thiophene rings is 2. The Hall–Kier alpha value is -3.07. The van der Waals surface area contributed by atoms with Crippen molar-refractivity contribution in [2.24, 2.45) is 0 Å². The maximum atomic E-state index is 12.8. The van der Waals surface area contributed by atoms with Gasteiger partial charge in [-0.25, -0.2) is 9.78 Å². The van der Waals surface area contributed by atoms with E-state index in [-0.39, 0.29) is 11.9 Å². The summed E-state index contributed by atoms with van der Waals surface area (Å²) in [4.78, 5) is 34.6. The number of fused-ring (bicyclic) bond motifs is 1. The van der Waals surface area contributed by atoms with Gasteiger partial charge in [-0.2, -0.15) is 0 Å². The number of ether oxygens (including phenoxy) is 1. The Balaban J connectivity index is 1.63. The fourth-order valence-electron chi connectivity index (χ4n) is 3.49. The van der Waals surface area contributed by atoms with Crippen molar-refractivity contribution in [3.63, 3.8) is 0 Å². The largest absolute Gasteiger partial charge is 0.465 e. The maximum absolute atomic E-state index is 12.8. The van der Waals surface area contributed by atoms with Gasteiger partial charge in [0.1, 0.15) is 9.71 Å². The zero-order valence-corrected chi connectivity index (χ0v) is 20.5. The molecule has 0 aliphatic heterocycles. The lowest BCUT2D eigenvalue weighted by molar-refractivity contribution is 0.0607. The maximum Gasteiger partial charge on any atom is 0.350 e. The van der Waals surface area contributed by atoms with E-state index >= 15 is 0 Å². The highest BCUT2D eigenvalue weighted by Gasteiger charge is 2.23. The van der Waals surface area contributed by atoms with Gasteiger partial charge in [0.25, 0.3) is 5.91 Å². The zero-order chi connectivity index (χ0) is 23.5. The van der Waals surface area contributed by atoms with Crippen LogP contribution in [0.15, 0.2) is 53.9 Å². The molecule has 0 spiro atoms. The predicted octanol–water partition coefficient (Wildman–Crippen LogP) is 5.90. The molecule has 33 heavy (non-hydrogen) atoms. The summed E-state index contributed by atoms with van der Waals surface area (Å²) in [5.74, 6) is -0.782. The van der Waals surface area contributed by atoms with E-state index in [4.69, 9.17) is 9.72 Å². The molecule has 6 nitrogen and oxygen atoms in total. The van der Waals surface area contributed by atoms with Gasteiger partial charge in [0.05, 0.1) is 18.5 Å². The number of pyridine rings is 1. The monoisotopic (exact) mass is 479 g/mol. The van der Waals surface area contributed by atoms with Gasteiger partial charge in [0.2, 0.25) is 0 Å². The predicted molar refractivity (Wildman–Crippen MR) is 134 cm³/mol. The van der Waals surface area contributed by atoms with E-state index in [0.29, 0.717) is 27.5 Å². The molecule has 3 aromatic heterocycles. The number of benzene rings is 1. The normalized spacial score (nSPS) is 12.2. The quantitative estimate of drug-likeness (QED) is 0.334. The van der Waals surface area contributed by atoms with Gasteiger partial charge >= 0.3 is 5.97 Å². The molecule has 1 amide bonds. The van der Waals surface area contributed by atoms with E-state index in [1.165, 1.54) is 23.3 Å². The minimum atomic E-state index is -0.498. The highest BCUT2D eigenvalue weighted by molar-refractivity contribution is 7.21. The Labute approximate surface area is 200 Å². The first kappa shape index (κ1) is 23.1. The Morgan fingerprint density at radius 2 is 1.91 bits per heavy atom. The van der Waals surface area contributed by atoms with Gasteiger partial charge in [-0.05, 0) is 56.6 Å². The van der Waals surface area contributed by atoms with Crippen molar-refractivity contribution in [2.75, 3.05) is 19.5 Å². The van der Waals surface area contributed by atoms with Crippen molar-refractivity contribution < 1.29 is 14.3 Å². The summed E-state index contributed by atoms with van der Waals surface area (Å²) >= 11 is 2.96. The van der Waals surface area contributed by atoms with Gasteiger partial charge in [-0.3, -0.25) is 9.69 Å². The Morgan fingerprint density at radius 3 is 2.58 bits per heavy atom. The molecule has 0 aliphatic rings. The second-order valence-corrected chi connectivity index (χ2v) is 9.86. The Kier molecular flexibility index (Phi) is 6.88. The van der Waals surface area contributed by atoms with Crippen LogP contribution in [0.1, 0.15) is 49.1 Å². The molecule has 3 heterocycles. The summed E-state index contributed by atoms with van der Waals surface area (Å²) < 4.78 is 4.96. The molecule has 0 saturated carbocycles. The van der Waals surface area contributed by atoms with Crippen LogP contribution in [0, 0.1) is 6.92 Å². The smallest absolute Gasteiger partial charge is 0.350 e. The van der Waals surface area contributed by atoms with Crippen molar-refractivity contribution in [1.29, 1.82) is 0 Å². The summed E-state index contributed by atoms with van der Waals surface area (Å²) in [6, 6.07) is 15.6. The van der Waals surface area contributed by atoms with Crippen LogP contribution in [0.3, 0.4) is 0 Å². The average molecular weight is 480 g/mol. The standard InChI is InChI=1S/C25H25N3O3S2/c1-15-7-9-17(10-8-15)23(29)27-21-19-12-11-18(26-24(19)33-22(21)25(30)31-4)14-28(3)16(2)20-6-5-13-32-20/h5-13,16H,14H2,1-4H3,(H,27,29). The fraction of sp³-hybridized carbons (Fsp3) is 0.240. The molecule has 0 radical (unpaired) electrons. The van der Waals surface area contributed by atoms with Crippen molar-refractivity contribution in [1.82, 2.24) is 9.88 Å². The number of hydrogen-bond donors (Lipinski definition) is 1. The summed E-state index contributed by atoms with van der Waals surface area (Å²) in [7, 11) is 3.40. The summed E-state index contributed by atoms with van der Waals surface area (Å²) in [6.07, 6.45) is 0. The highest BCUT2D eigenvalue weighted by Crippen LogP contribution is 2.36. The van der Waals surface area contributed by atoms with E-state index < -0.39 is 5.97 Å². The number of methoxy groups -OCH3 is 1. The van der Waals surface area contributed by atoms with E-state index in [1.807, 2.05) is 31.2 Å². The molecular weight excluding hydrogens is 454 g/mol. The molecule has 1 unspecified atom stereocenters. The molecule has 8 heteroatoms. The number of amides is 1. The third-order valence-electron chi connectivity index (χ3n) is 5.56. The third kappa shape index (κ3) is 4.98. The minimum Gasteiger partial charge on any atom is -0.465 e. The number of carbonyl (C=O) groups is 2. The van der Waals surface area contributed by atoms with Crippen LogP contribution in [0.5, 0.6) is 0 Å². The molecule has 0 fully saturated rings. The van der Waals surface area contributed by atoms with E-state index in [2.05, 4.69) is 41.7 Å². The van der Waals surface area contributed by atoms with Crippen molar-refractivity contribution in [3.05, 3.63) is 80.5 Å².